The minimum Gasteiger partial charge on any atom is -0.545 e. The van der Waals surface area contributed by atoms with Gasteiger partial charge in [-0.3, -0.25) is 0 Å². The Morgan fingerprint density at radius 2 is 1.74 bits per heavy atom. The van der Waals surface area contributed by atoms with E-state index < -0.39 is 5.97 Å². The van der Waals surface area contributed by atoms with Crippen molar-refractivity contribution < 1.29 is 14.6 Å². The normalized spacial score (nSPS) is 10.1. The molecule has 3 heteroatoms. The van der Waals surface area contributed by atoms with Crippen molar-refractivity contribution in [1.82, 2.24) is 0 Å². The number of unbranched alkanes of at least 4 members (excludes halogenated alkanes) is 5. The number of hydrogen-bond acceptors (Lipinski definition) is 3. The van der Waals surface area contributed by atoms with Gasteiger partial charge < -0.3 is 14.6 Å². The first-order chi connectivity index (χ1) is 9.24. The third-order valence-corrected chi connectivity index (χ3v) is 2.91. The van der Waals surface area contributed by atoms with Crippen molar-refractivity contribution in [3.8, 4) is 5.75 Å². The molecule has 0 amide bonds. The second-order valence-corrected chi connectivity index (χ2v) is 4.51. The average Bonchev–Trinajstić information content (AvgIpc) is 2.42. The summed E-state index contributed by atoms with van der Waals surface area (Å²) >= 11 is 0. The van der Waals surface area contributed by atoms with Crippen molar-refractivity contribution in [2.75, 3.05) is 6.61 Å². The molecule has 104 valence electrons. The van der Waals surface area contributed by atoms with Gasteiger partial charge >= 0.3 is 0 Å². The molecule has 0 saturated heterocycles. The first-order valence-corrected chi connectivity index (χ1v) is 6.79. The van der Waals surface area contributed by atoms with Crippen molar-refractivity contribution in [3.05, 3.63) is 42.5 Å². The van der Waals surface area contributed by atoms with Crippen molar-refractivity contribution in [3.63, 3.8) is 0 Å². The van der Waals surface area contributed by atoms with E-state index in [2.05, 4.69) is 6.58 Å². The van der Waals surface area contributed by atoms with E-state index in [9.17, 15) is 9.90 Å². The molecule has 0 bridgehead atoms. The van der Waals surface area contributed by atoms with Crippen LogP contribution in [-0.4, -0.2) is 12.6 Å². The highest BCUT2D eigenvalue weighted by Crippen LogP contribution is 2.13. The van der Waals surface area contributed by atoms with Gasteiger partial charge in [-0.2, -0.15) is 0 Å². The predicted molar refractivity (Wildman–Crippen MR) is 74.2 cm³/mol. The predicted octanol–water partition coefficient (Wildman–Crippen LogP) is 2.96. The molecule has 1 aromatic rings. The number of carboxylic acids is 1. The summed E-state index contributed by atoms with van der Waals surface area (Å²) in [6.07, 6.45) is 8.92. The lowest BCUT2D eigenvalue weighted by Crippen LogP contribution is -2.21. The maximum atomic E-state index is 10.6. The van der Waals surface area contributed by atoms with E-state index in [-0.39, 0.29) is 5.56 Å². The number of aromatic carboxylic acids is 1. The Bertz CT molecular complexity index is 381. The zero-order valence-corrected chi connectivity index (χ0v) is 11.3. The van der Waals surface area contributed by atoms with Gasteiger partial charge in [0.2, 0.25) is 0 Å². The SMILES string of the molecule is C=CCCCCCCCOc1ccc(C(=O)[O-])cc1. The van der Waals surface area contributed by atoms with Crippen LogP contribution < -0.4 is 9.84 Å². The van der Waals surface area contributed by atoms with E-state index in [0.29, 0.717) is 12.4 Å². The number of ether oxygens (including phenoxy) is 1. The highest BCUT2D eigenvalue weighted by atomic mass is 16.5. The molecule has 1 aromatic carbocycles. The van der Waals surface area contributed by atoms with Crippen LogP contribution in [0, 0.1) is 0 Å². The second kappa shape index (κ2) is 9.20. The fraction of sp³-hybridized carbons (Fsp3) is 0.438. The minimum absolute atomic E-state index is 0.176. The van der Waals surface area contributed by atoms with Gasteiger partial charge in [0.25, 0.3) is 0 Å². The van der Waals surface area contributed by atoms with E-state index in [4.69, 9.17) is 4.74 Å². The summed E-state index contributed by atoms with van der Waals surface area (Å²) in [5, 5.41) is 10.6. The first-order valence-electron chi connectivity index (χ1n) is 6.79. The van der Waals surface area contributed by atoms with Crippen molar-refractivity contribution in [2.24, 2.45) is 0 Å². The van der Waals surface area contributed by atoms with Gasteiger partial charge in [0.05, 0.1) is 12.6 Å². The van der Waals surface area contributed by atoms with E-state index in [1.54, 1.807) is 12.1 Å². The molecule has 0 spiro atoms. The highest BCUT2D eigenvalue weighted by Gasteiger charge is 1.96. The van der Waals surface area contributed by atoms with Gasteiger partial charge in [0.1, 0.15) is 5.75 Å². The molecule has 0 aliphatic rings. The van der Waals surface area contributed by atoms with Crippen LogP contribution in [0.2, 0.25) is 0 Å². The van der Waals surface area contributed by atoms with Crippen LogP contribution in [0.4, 0.5) is 0 Å². The van der Waals surface area contributed by atoms with Gasteiger partial charge in [-0.05, 0) is 49.1 Å². The first kappa shape index (κ1) is 15.3. The third kappa shape index (κ3) is 6.65. The molecule has 0 unspecified atom stereocenters. The molecule has 0 heterocycles. The smallest absolute Gasteiger partial charge is 0.119 e. The topological polar surface area (TPSA) is 49.4 Å². The van der Waals surface area contributed by atoms with Crippen LogP contribution in [0.5, 0.6) is 5.75 Å². The number of allylic oxidation sites excluding steroid dienone is 1. The van der Waals surface area contributed by atoms with Gasteiger partial charge in [-0.25, -0.2) is 0 Å². The zero-order valence-electron chi connectivity index (χ0n) is 11.3. The summed E-state index contributed by atoms with van der Waals surface area (Å²) in [4.78, 5) is 10.6. The lowest BCUT2D eigenvalue weighted by atomic mass is 10.1. The molecule has 0 atom stereocenters. The zero-order chi connectivity index (χ0) is 13.9. The van der Waals surface area contributed by atoms with Gasteiger partial charge in [-0.15, -0.1) is 6.58 Å². The molecular formula is C16H21O3-. The highest BCUT2D eigenvalue weighted by molar-refractivity contribution is 5.85. The van der Waals surface area contributed by atoms with Crippen molar-refractivity contribution in [1.29, 1.82) is 0 Å². The lowest BCUT2D eigenvalue weighted by molar-refractivity contribution is -0.255. The van der Waals surface area contributed by atoms with Crippen LogP contribution in [0.15, 0.2) is 36.9 Å². The maximum Gasteiger partial charge on any atom is 0.119 e. The number of carbonyl (C=O) groups is 1. The number of carbonyl (C=O) groups excluding carboxylic acids is 1. The summed E-state index contributed by atoms with van der Waals surface area (Å²) < 4.78 is 5.54. The molecule has 1 rings (SSSR count). The lowest BCUT2D eigenvalue weighted by Gasteiger charge is -2.07. The monoisotopic (exact) mass is 261 g/mol. The molecule has 0 fully saturated rings. The third-order valence-electron chi connectivity index (χ3n) is 2.91. The Balaban J connectivity index is 2.09. The molecular weight excluding hydrogens is 240 g/mol. The van der Waals surface area contributed by atoms with E-state index in [1.165, 1.54) is 31.4 Å². The molecule has 0 aromatic heterocycles. The molecule has 0 radical (unpaired) electrons. The number of hydrogen-bond donors (Lipinski definition) is 0. The summed E-state index contributed by atoms with van der Waals surface area (Å²) in [6.45, 7) is 4.37. The van der Waals surface area contributed by atoms with E-state index in [1.807, 2.05) is 6.08 Å². The minimum atomic E-state index is -1.16. The Morgan fingerprint density at radius 1 is 1.11 bits per heavy atom. The second-order valence-electron chi connectivity index (χ2n) is 4.51. The van der Waals surface area contributed by atoms with Crippen molar-refractivity contribution >= 4 is 5.97 Å². The number of rotatable bonds is 10. The Kier molecular flexibility index (Phi) is 7.40. The summed E-state index contributed by atoms with van der Waals surface area (Å²) in [7, 11) is 0. The number of carboxylic acid groups (broad SMARTS) is 1. The van der Waals surface area contributed by atoms with Gasteiger partial charge in [-0.1, -0.05) is 25.3 Å². The van der Waals surface area contributed by atoms with Crippen molar-refractivity contribution in [2.45, 2.75) is 38.5 Å². The largest absolute Gasteiger partial charge is 0.545 e. The summed E-state index contributed by atoms with van der Waals surface area (Å²) in [6, 6.07) is 6.32. The maximum absolute atomic E-state index is 10.6. The van der Waals surface area contributed by atoms with E-state index >= 15 is 0 Å². The van der Waals surface area contributed by atoms with Crippen LogP contribution in [-0.2, 0) is 0 Å². The standard InChI is InChI=1S/C16H22O3/c1-2-3-4-5-6-7-8-13-19-15-11-9-14(10-12-15)16(17)18/h2,9-12H,1,3-8,13H2,(H,17,18)/p-1. The molecule has 0 saturated carbocycles. The van der Waals surface area contributed by atoms with Crippen LogP contribution in [0.25, 0.3) is 0 Å². The molecule has 3 nitrogen and oxygen atoms in total. The fourth-order valence-electron chi connectivity index (χ4n) is 1.80. The Hall–Kier alpha value is -1.77. The molecule has 0 aliphatic heterocycles. The molecule has 0 N–H and O–H groups in total. The Labute approximate surface area is 114 Å². The van der Waals surface area contributed by atoms with Gasteiger partial charge in [0.15, 0.2) is 0 Å². The summed E-state index contributed by atoms with van der Waals surface area (Å²) in [5.41, 5.74) is 0.176. The van der Waals surface area contributed by atoms with E-state index in [0.717, 1.165) is 19.3 Å². The van der Waals surface area contributed by atoms with Crippen LogP contribution in [0.3, 0.4) is 0 Å². The molecule has 0 aliphatic carbocycles. The quantitative estimate of drug-likeness (QED) is 0.480. The molecule has 19 heavy (non-hydrogen) atoms. The Morgan fingerprint density at radius 3 is 2.37 bits per heavy atom. The average molecular weight is 261 g/mol. The van der Waals surface area contributed by atoms with Crippen LogP contribution in [0.1, 0.15) is 48.9 Å². The number of benzene rings is 1. The van der Waals surface area contributed by atoms with Gasteiger partial charge in [0, 0.05) is 0 Å². The van der Waals surface area contributed by atoms with Crippen LogP contribution >= 0.6 is 0 Å². The summed E-state index contributed by atoms with van der Waals surface area (Å²) in [5.74, 6) is -0.456. The fourth-order valence-corrected chi connectivity index (χ4v) is 1.80.